The smallest absolute Gasteiger partial charge is 0.130 e. The number of nitrogens with one attached hydrogen (secondary N) is 1. The van der Waals surface area contributed by atoms with Crippen molar-refractivity contribution in [3.05, 3.63) is 59.7 Å². The van der Waals surface area contributed by atoms with Gasteiger partial charge in [0, 0.05) is 30.9 Å². The molecule has 4 heteroatoms. The number of rotatable bonds is 4. The summed E-state index contributed by atoms with van der Waals surface area (Å²) in [6.45, 7) is 6.07. The van der Waals surface area contributed by atoms with Gasteiger partial charge in [0.05, 0.1) is 12.8 Å². The molecule has 0 atom stereocenters. The molecule has 22 heavy (non-hydrogen) atoms. The zero-order chi connectivity index (χ0) is 16.4. The fourth-order valence-electron chi connectivity index (χ4n) is 2.06. The SMILES string of the molecule is CC.CC/C(OC)=C1/C=CC(Nc2ccccn2)=CC1=NC. The minimum atomic E-state index is 0.814. The van der Waals surface area contributed by atoms with Crippen molar-refractivity contribution < 1.29 is 4.74 Å². The summed E-state index contributed by atoms with van der Waals surface area (Å²) < 4.78 is 5.41. The van der Waals surface area contributed by atoms with Gasteiger partial charge in [-0.2, -0.15) is 0 Å². The molecule has 4 nitrogen and oxygen atoms in total. The van der Waals surface area contributed by atoms with Crippen LogP contribution >= 0.6 is 0 Å². The molecule has 0 fully saturated rings. The normalized spacial score (nSPS) is 17.3. The van der Waals surface area contributed by atoms with Crippen LogP contribution in [0.3, 0.4) is 0 Å². The van der Waals surface area contributed by atoms with E-state index < -0.39 is 0 Å². The van der Waals surface area contributed by atoms with Crippen LogP contribution in [0.15, 0.2) is 64.6 Å². The number of methoxy groups -OCH3 is 1. The van der Waals surface area contributed by atoms with Gasteiger partial charge < -0.3 is 10.1 Å². The van der Waals surface area contributed by atoms with Gasteiger partial charge in [0.1, 0.15) is 11.6 Å². The van der Waals surface area contributed by atoms with Gasteiger partial charge >= 0.3 is 0 Å². The molecule has 0 aliphatic heterocycles. The summed E-state index contributed by atoms with van der Waals surface area (Å²) in [5, 5.41) is 3.26. The molecule has 0 radical (unpaired) electrons. The maximum atomic E-state index is 5.41. The predicted octanol–water partition coefficient (Wildman–Crippen LogP) is 4.35. The van der Waals surface area contributed by atoms with E-state index in [4.69, 9.17) is 4.74 Å². The number of aromatic nitrogens is 1. The summed E-state index contributed by atoms with van der Waals surface area (Å²) in [5.41, 5.74) is 2.90. The molecule has 1 aromatic heterocycles. The minimum Gasteiger partial charge on any atom is -0.500 e. The molecule has 1 aliphatic rings. The van der Waals surface area contributed by atoms with Crippen molar-refractivity contribution in [1.29, 1.82) is 0 Å². The average molecular weight is 299 g/mol. The van der Waals surface area contributed by atoms with Gasteiger partial charge in [0.15, 0.2) is 0 Å². The van der Waals surface area contributed by atoms with E-state index in [-0.39, 0.29) is 0 Å². The Balaban J connectivity index is 0.00000116. The second-order valence-corrected chi connectivity index (χ2v) is 4.28. The van der Waals surface area contributed by atoms with Crippen molar-refractivity contribution in [2.24, 2.45) is 4.99 Å². The highest BCUT2D eigenvalue weighted by molar-refractivity contribution is 6.12. The topological polar surface area (TPSA) is 46.5 Å². The van der Waals surface area contributed by atoms with E-state index in [1.54, 1.807) is 20.4 Å². The van der Waals surface area contributed by atoms with E-state index in [0.29, 0.717) is 0 Å². The van der Waals surface area contributed by atoms with Gasteiger partial charge in [-0.25, -0.2) is 4.98 Å². The fraction of sp³-hybridized carbons (Fsp3) is 0.333. The molecule has 2 rings (SSSR count). The van der Waals surface area contributed by atoms with E-state index in [0.717, 1.165) is 35.0 Å². The molecule has 1 heterocycles. The second kappa shape index (κ2) is 9.55. The van der Waals surface area contributed by atoms with Crippen molar-refractivity contribution in [2.45, 2.75) is 27.2 Å². The summed E-state index contributed by atoms with van der Waals surface area (Å²) >= 11 is 0. The first-order valence-electron chi connectivity index (χ1n) is 7.60. The number of hydrogen-bond acceptors (Lipinski definition) is 4. The third-order valence-corrected chi connectivity index (χ3v) is 3.04. The number of allylic oxidation sites excluding steroid dienone is 5. The largest absolute Gasteiger partial charge is 0.500 e. The zero-order valence-corrected chi connectivity index (χ0v) is 14.1. The highest BCUT2D eigenvalue weighted by Crippen LogP contribution is 2.20. The quantitative estimate of drug-likeness (QED) is 0.840. The summed E-state index contributed by atoms with van der Waals surface area (Å²) in [6.07, 6.45) is 8.63. The molecule has 0 bridgehead atoms. The lowest BCUT2D eigenvalue weighted by Crippen LogP contribution is -2.11. The van der Waals surface area contributed by atoms with Gasteiger partial charge in [0.2, 0.25) is 0 Å². The van der Waals surface area contributed by atoms with Crippen LogP contribution in [0.1, 0.15) is 27.2 Å². The van der Waals surface area contributed by atoms with Gasteiger partial charge in [-0.05, 0) is 30.4 Å². The number of ether oxygens (including phenoxy) is 1. The average Bonchev–Trinajstić information content (AvgIpc) is 2.59. The molecule has 1 N–H and O–H groups in total. The van der Waals surface area contributed by atoms with Gasteiger partial charge in [0.25, 0.3) is 0 Å². The molecule has 1 aromatic rings. The van der Waals surface area contributed by atoms with E-state index in [1.807, 2.05) is 50.3 Å². The van der Waals surface area contributed by atoms with Crippen molar-refractivity contribution in [2.75, 3.05) is 19.5 Å². The molecule has 1 aliphatic carbocycles. The number of hydrogen-bond donors (Lipinski definition) is 1. The summed E-state index contributed by atoms with van der Waals surface area (Å²) in [7, 11) is 3.48. The Morgan fingerprint density at radius 2 is 2.05 bits per heavy atom. The first-order valence-corrected chi connectivity index (χ1v) is 7.60. The van der Waals surface area contributed by atoms with Gasteiger partial charge in [-0.1, -0.05) is 26.8 Å². The third kappa shape index (κ3) is 4.58. The second-order valence-electron chi connectivity index (χ2n) is 4.28. The maximum Gasteiger partial charge on any atom is 0.130 e. The van der Waals surface area contributed by atoms with Crippen molar-refractivity contribution >= 4 is 11.5 Å². The molecule has 0 unspecified atom stereocenters. The molecular weight excluding hydrogens is 274 g/mol. The Labute approximate surface area is 133 Å². The van der Waals surface area contributed by atoms with Crippen LogP contribution in [-0.4, -0.2) is 24.9 Å². The summed E-state index contributed by atoms with van der Waals surface area (Å²) in [4.78, 5) is 8.58. The molecule has 0 aromatic carbocycles. The number of nitrogens with zero attached hydrogens (tertiary/aromatic N) is 2. The number of pyridine rings is 1. The van der Waals surface area contributed by atoms with Crippen LogP contribution in [-0.2, 0) is 4.74 Å². The Hall–Kier alpha value is -2.36. The van der Waals surface area contributed by atoms with Crippen molar-refractivity contribution in [3.8, 4) is 0 Å². The lowest BCUT2D eigenvalue weighted by molar-refractivity contribution is 0.279. The molecule has 0 spiro atoms. The number of aliphatic imine (C=N–C) groups is 1. The van der Waals surface area contributed by atoms with Crippen LogP contribution in [0.25, 0.3) is 0 Å². The van der Waals surface area contributed by atoms with E-state index >= 15 is 0 Å². The zero-order valence-electron chi connectivity index (χ0n) is 14.1. The molecule has 118 valence electrons. The maximum absolute atomic E-state index is 5.41. The van der Waals surface area contributed by atoms with Crippen molar-refractivity contribution in [1.82, 2.24) is 4.98 Å². The fourth-order valence-corrected chi connectivity index (χ4v) is 2.06. The minimum absolute atomic E-state index is 0.814. The van der Waals surface area contributed by atoms with Gasteiger partial charge in [-0.3, -0.25) is 4.99 Å². The van der Waals surface area contributed by atoms with Crippen LogP contribution in [0.4, 0.5) is 5.82 Å². The molecule has 0 amide bonds. The Morgan fingerprint density at radius 1 is 1.27 bits per heavy atom. The van der Waals surface area contributed by atoms with Crippen LogP contribution < -0.4 is 5.32 Å². The van der Waals surface area contributed by atoms with E-state index in [9.17, 15) is 0 Å². The summed E-state index contributed by atoms with van der Waals surface area (Å²) in [6, 6.07) is 5.76. The molecular formula is C18H25N3O. The van der Waals surface area contributed by atoms with Crippen molar-refractivity contribution in [3.63, 3.8) is 0 Å². The number of anilines is 1. The highest BCUT2D eigenvalue weighted by atomic mass is 16.5. The summed E-state index contributed by atoms with van der Waals surface area (Å²) in [5.74, 6) is 1.75. The molecule has 0 saturated heterocycles. The Kier molecular flexibility index (Phi) is 7.68. The predicted molar refractivity (Wildman–Crippen MR) is 94.1 cm³/mol. The Morgan fingerprint density at radius 3 is 2.59 bits per heavy atom. The molecule has 0 saturated carbocycles. The van der Waals surface area contributed by atoms with E-state index in [2.05, 4.69) is 22.2 Å². The highest BCUT2D eigenvalue weighted by Gasteiger charge is 2.13. The lowest BCUT2D eigenvalue weighted by Gasteiger charge is -2.16. The Bertz CT molecular complexity index is 578. The first kappa shape index (κ1) is 17.7. The van der Waals surface area contributed by atoms with Crippen LogP contribution in [0.5, 0.6) is 0 Å². The third-order valence-electron chi connectivity index (χ3n) is 3.04. The standard InChI is InChI=1S/C16H19N3O.C2H6/c1-4-15(20-3)13-9-8-12(11-14(13)17-2)19-16-7-5-6-10-18-16;1-2/h5-11H,4H2,1-3H3,(H,18,19);1-2H3/b15-13+,17-14?;. The van der Waals surface area contributed by atoms with Crippen LogP contribution in [0.2, 0.25) is 0 Å². The lowest BCUT2D eigenvalue weighted by atomic mass is 10.0. The van der Waals surface area contributed by atoms with Gasteiger partial charge in [-0.15, -0.1) is 0 Å². The monoisotopic (exact) mass is 299 g/mol. The van der Waals surface area contributed by atoms with E-state index in [1.165, 1.54) is 0 Å². The van der Waals surface area contributed by atoms with Crippen LogP contribution in [0, 0.1) is 0 Å². The first-order chi connectivity index (χ1) is 10.8.